The minimum Gasteiger partial charge on any atom is -0.354 e. The fourth-order valence-electron chi connectivity index (χ4n) is 3.23. The highest BCUT2D eigenvalue weighted by Gasteiger charge is 2.43. The van der Waals surface area contributed by atoms with Gasteiger partial charge in [-0.1, -0.05) is 29.8 Å². The maximum Gasteiger partial charge on any atom is 0.241 e. The minimum absolute atomic E-state index is 0.0718. The lowest BCUT2D eigenvalue weighted by Gasteiger charge is -2.25. The van der Waals surface area contributed by atoms with Gasteiger partial charge in [0.25, 0.3) is 0 Å². The molecule has 0 unspecified atom stereocenters. The third-order valence-electron chi connectivity index (χ3n) is 4.79. The van der Waals surface area contributed by atoms with Crippen molar-refractivity contribution in [2.24, 2.45) is 5.41 Å². The van der Waals surface area contributed by atoms with Gasteiger partial charge in [0.1, 0.15) is 6.04 Å². The lowest BCUT2D eigenvalue weighted by Crippen LogP contribution is -2.40. The Kier molecular flexibility index (Phi) is 4.71. The molecule has 5 nitrogen and oxygen atoms in total. The van der Waals surface area contributed by atoms with Crippen LogP contribution in [0, 0.1) is 12.3 Å². The second kappa shape index (κ2) is 6.77. The number of imidazole rings is 1. The van der Waals surface area contributed by atoms with Crippen molar-refractivity contribution in [1.82, 2.24) is 19.8 Å². The van der Waals surface area contributed by atoms with Crippen LogP contribution in [0.15, 0.2) is 43.0 Å². The number of hydrogen-bond donors (Lipinski definition) is 1. The molecule has 5 heteroatoms. The van der Waals surface area contributed by atoms with Gasteiger partial charge in [0.05, 0.1) is 6.33 Å². The predicted molar refractivity (Wildman–Crippen MR) is 94.5 cm³/mol. The quantitative estimate of drug-likeness (QED) is 0.850. The molecule has 24 heavy (non-hydrogen) atoms. The van der Waals surface area contributed by atoms with E-state index in [2.05, 4.69) is 33.9 Å². The molecule has 128 valence electrons. The maximum absolute atomic E-state index is 12.8. The fraction of sp³-hybridized carbons (Fsp3) is 0.474. The van der Waals surface area contributed by atoms with Crippen LogP contribution in [-0.4, -0.2) is 41.0 Å². The zero-order valence-corrected chi connectivity index (χ0v) is 14.7. The summed E-state index contributed by atoms with van der Waals surface area (Å²) in [5.41, 5.74) is 2.41. The van der Waals surface area contributed by atoms with Crippen LogP contribution >= 0.6 is 0 Å². The van der Waals surface area contributed by atoms with E-state index in [1.807, 2.05) is 43.7 Å². The maximum atomic E-state index is 12.8. The van der Waals surface area contributed by atoms with Crippen LogP contribution < -0.4 is 5.32 Å². The van der Waals surface area contributed by atoms with E-state index in [-0.39, 0.29) is 17.4 Å². The first-order chi connectivity index (χ1) is 11.5. The average molecular weight is 326 g/mol. The summed E-state index contributed by atoms with van der Waals surface area (Å²) in [7, 11) is 3.90. The first-order valence-corrected chi connectivity index (χ1v) is 8.46. The van der Waals surface area contributed by atoms with E-state index in [1.165, 1.54) is 5.56 Å². The molecule has 1 aliphatic rings. The average Bonchev–Trinajstić information content (AvgIpc) is 3.09. The molecular weight excluding hydrogens is 300 g/mol. The molecule has 1 amide bonds. The Morgan fingerprint density at radius 3 is 2.79 bits per heavy atom. The number of amides is 1. The molecule has 0 saturated heterocycles. The van der Waals surface area contributed by atoms with Gasteiger partial charge in [-0.2, -0.15) is 0 Å². The SMILES string of the molecule is Cc1cccc([C@H](C(=O)NCC2(Cn3ccnc3)CC2)N(C)C)c1. The van der Waals surface area contributed by atoms with Gasteiger partial charge < -0.3 is 9.88 Å². The molecule has 0 radical (unpaired) electrons. The third-order valence-corrected chi connectivity index (χ3v) is 4.79. The number of nitrogens with zero attached hydrogens (tertiary/aromatic N) is 3. The van der Waals surface area contributed by atoms with Crippen molar-refractivity contribution in [2.75, 3.05) is 20.6 Å². The van der Waals surface area contributed by atoms with Crippen molar-refractivity contribution >= 4 is 5.91 Å². The third kappa shape index (κ3) is 3.85. The van der Waals surface area contributed by atoms with Crippen LogP contribution in [-0.2, 0) is 11.3 Å². The van der Waals surface area contributed by atoms with E-state index in [0.717, 1.165) is 31.5 Å². The highest BCUT2D eigenvalue weighted by molar-refractivity contribution is 5.83. The Bertz CT molecular complexity index is 689. The number of nitrogens with one attached hydrogen (secondary N) is 1. The van der Waals surface area contributed by atoms with Gasteiger partial charge in [0, 0.05) is 30.9 Å². The van der Waals surface area contributed by atoms with Gasteiger partial charge in [-0.05, 0) is 39.4 Å². The number of hydrogen-bond acceptors (Lipinski definition) is 3. The molecule has 1 aliphatic carbocycles. The summed E-state index contributed by atoms with van der Waals surface area (Å²) in [5, 5.41) is 3.18. The highest BCUT2D eigenvalue weighted by Crippen LogP contribution is 2.46. The first-order valence-electron chi connectivity index (χ1n) is 8.46. The summed E-state index contributed by atoms with van der Waals surface area (Å²) in [4.78, 5) is 18.9. The van der Waals surface area contributed by atoms with Crippen molar-refractivity contribution in [3.05, 3.63) is 54.1 Å². The van der Waals surface area contributed by atoms with Crippen molar-refractivity contribution in [1.29, 1.82) is 0 Å². The van der Waals surface area contributed by atoms with Crippen molar-refractivity contribution in [3.63, 3.8) is 0 Å². The Morgan fingerprint density at radius 1 is 1.42 bits per heavy atom. The molecule has 0 bridgehead atoms. The molecule has 0 spiro atoms. The highest BCUT2D eigenvalue weighted by atomic mass is 16.2. The van der Waals surface area contributed by atoms with E-state index in [4.69, 9.17) is 0 Å². The molecule has 3 rings (SSSR count). The van der Waals surface area contributed by atoms with Crippen LogP contribution in [0.1, 0.15) is 30.0 Å². The monoisotopic (exact) mass is 326 g/mol. The molecule has 1 fully saturated rings. The summed E-state index contributed by atoms with van der Waals surface area (Å²) in [6, 6.07) is 7.92. The minimum atomic E-state index is -0.256. The molecule has 0 aliphatic heterocycles. The zero-order chi connectivity index (χ0) is 17.2. The largest absolute Gasteiger partial charge is 0.354 e. The first kappa shape index (κ1) is 16.7. The predicted octanol–water partition coefficient (Wildman–Crippen LogP) is 2.39. The summed E-state index contributed by atoms with van der Waals surface area (Å²) in [6.45, 7) is 3.70. The van der Waals surface area contributed by atoms with Crippen LogP contribution in [0.5, 0.6) is 0 Å². The Hall–Kier alpha value is -2.14. The van der Waals surface area contributed by atoms with Gasteiger partial charge in [-0.3, -0.25) is 9.69 Å². The zero-order valence-electron chi connectivity index (χ0n) is 14.7. The number of carbonyl (C=O) groups is 1. The topological polar surface area (TPSA) is 50.2 Å². The van der Waals surface area contributed by atoms with Gasteiger partial charge in [0.2, 0.25) is 5.91 Å². The molecule has 1 aromatic carbocycles. The molecule has 1 saturated carbocycles. The molecule has 2 aromatic rings. The van der Waals surface area contributed by atoms with Crippen molar-refractivity contribution < 1.29 is 4.79 Å². The molecule has 1 heterocycles. The number of likely N-dealkylation sites (N-methyl/N-ethyl adjacent to an activating group) is 1. The summed E-state index contributed by atoms with van der Waals surface area (Å²) >= 11 is 0. The van der Waals surface area contributed by atoms with Gasteiger partial charge in [0.15, 0.2) is 0 Å². The summed E-state index contributed by atoms with van der Waals surface area (Å²) in [6.07, 6.45) is 7.94. The number of rotatable bonds is 7. The van der Waals surface area contributed by atoms with Crippen molar-refractivity contribution in [2.45, 2.75) is 32.4 Å². The number of benzene rings is 1. The molecule has 1 N–H and O–H groups in total. The van der Waals surface area contributed by atoms with Gasteiger partial charge in [-0.25, -0.2) is 4.98 Å². The fourth-order valence-corrected chi connectivity index (χ4v) is 3.23. The molecule has 1 atom stereocenters. The van der Waals surface area contributed by atoms with E-state index >= 15 is 0 Å². The van der Waals surface area contributed by atoms with Crippen LogP contribution in [0.4, 0.5) is 0 Å². The Labute approximate surface area is 143 Å². The Balaban J connectivity index is 1.64. The van der Waals surface area contributed by atoms with Gasteiger partial charge in [-0.15, -0.1) is 0 Å². The standard InChI is InChI=1S/C19H26N4O/c1-15-5-4-6-16(11-15)17(22(2)3)18(24)21-12-19(7-8-19)13-23-10-9-20-14-23/h4-6,9-11,14,17H,7-8,12-13H2,1-3H3,(H,21,24)/t17-/m1/s1. The number of carbonyl (C=O) groups excluding carboxylic acids is 1. The van der Waals surface area contributed by atoms with E-state index in [9.17, 15) is 4.79 Å². The molecular formula is C19H26N4O. The summed E-state index contributed by atoms with van der Waals surface area (Å²) in [5.74, 6) is 0.0718. The van der Waals surface area contributed by atoms with E-state index in [1.54, 1.807) is 6.20 Å². The van der Waals surface area contributed by atoms with Crippen LogP contribution in [0.3, 0.4) is 0 Å². The second-order valence-electron chi connectivity index (χ2n) is 7.23. The van der Waals surface area contributed by atoms with Crippen molar-refractivity contribution in [3.8, 4) is 0 Å². The lowest BCUT2D eigenvalue weighted by molar-refractivity contribution is -0.126. The lowest BCUT2D eigenvalue weighted by atomic mass is 10.0. The summed E-state index contributed by atoms with van der Waals surface area (Å²) < 4.78 is 2.10. The van der Waals surface area contributed by atoms with Crippen LogP contribution in [0.2, 0.25) is 0 Å². The van der Waals surface area contributed by atoms with E-state index < -0.39 is 0 Å². The van der Waals surface area contributed by atoms with E-state index in [0.29, 0.717) is 0 Å². The number of aryl methyl sites for hydroxylation is 1. The normalized spacial score (nSPS) is 16.8. The van der Waals surface area contributed by atoms with Gasteiger partial charge >= 0.3 is 0 Å². The number of aromatic nitrogens is 2. The smallest absolute Gasteiger partial charge is 0.241 e. The second-order valence-corrected chi connectivity index (χ2v) is 7.23. The molecule has 1 aromatic heterocycles. The Morgan fingerprint density at radius 2 is 2.21 bits per heavy atom. The van der Waals surface area contributed by atoms with Crippen LogP contribution in [0.25, 0.3) is 0 Å².